The number of piperidine rings is 1. The van der Waals surface area contributed by atoms with Crippen molar-refractivity contribution in [1.29, 1.82) is 0 Å². The molecule has 0 saturated carbocycles. The molecule has 188 valence electrons. The SMILES string of the molecule is CC(C1CCN(c2c(S(=O)(=O)C(C)C)cnc3ccc(-c4ccc(O)c(Cl)c4)cc23)CC1)N(C)C. The van der Waals surface area contributed by atoms with Crippen LogP contribution in [0.4, 0.5) is 5.69 Å². The number of rotatable bonds is 6. The van der Waals surface area contributed by atoms with Crippen LogP contribution >= 0.6 is 11.6 Å². The number of aromatic hydroxyl groups is 1. The van der Waals surface area contributed by atoms with Crippen LogP contribution in [0.15, 0.2) is 47.5 Å². The van der Waals surface area contributed by atoms with Gasteiger partial charge in [0, 0.05) is 30.7 Å². The molecule has 1 atom stereocenters. The Bertz CT molecular complexity index is 1330. The Hall–Kier alpha value is -2.35. The highest BCUT2D eigenvalue weighted by Gasteiger charge is 2.31. The highest BCUT2D eigenvalue weighted by molar-refractivity contribution is 7.92. The molecular weight excluding hydrogens is 482 g/mol. The summed E-state index contributed by atoms with van der Waals surface area (Å²) in [4.78, 5) is 9.32. The molecule has 0 radical (unpaired) electrons. The molecule has 2 heterocycles. The van der Waals surface area contributed by atoms with Gasteiger partial charge in [-0.15, -0.1) is 0 Å². The summed E-state index contributed by atoms with van der Waals surface area (Å²) >= 11 is 6.16. The molecule has 0 spiro atoms. The van der Waals surface area contributed by atoms with E-state index in [1.54, 1.807) is 32.0 Å². The van der Waals surface area contributed by atoms with E-state index < -0.39 is 15.1 Å². The lowest BCUT2D eigenvalue weighted by Gasteiger charge is -2.39. The topological polar surface area (TPSA) is 73.7 Å². The number of benzene rings is 2. The van der Waals surface area contributed by atoms with E-state index >= 15 is 0 Å². The van der Waals surface area contributed by atoms with Gasteiger partial charge >= 0.3 is 0 Å². The van der Waals surface area contributed by atoms with Crippen LogP contribution in [0.5, 0.6) is 5.75 Å². The van der Waals surface area contributed by atoms with Crippen LogP contribution in [0.2, 0.25) is 5.02 Å². The van der Waals surface area contributed by atoms with Gasteiger partial charge in [-0.25, -0.2) is 8.42 Å². The molecule has 6 nitrogen and oxygen atoms in total. The van der Waals surface area contributed by atoms with Crippen LogP contribution in [-0.2, 0) is 9.84 Å². The minimum Gasteiger partial charge on any atom is -0.506 e. The van der Waals surface area contributed by atoms with Gasteiger partial charge in [-0.2, -0.15) is 0 Å². The monoisotopic (exact) mass is 515 g/mol. The van der Waals surface area contributed by atoms with Gasteiger partial charge < -0.3 is 14.9 Å². The summed E-state index contributed by atoms with van der Waals surface area (Å²) in [5.41, 5.74) is 3.22. The first-order valence-electron chi connectivity index (χ1n) is 12.1. The number of anilines is 1. The van der Waals surface area contributed by atoms with Gasteiger partial charge in [0.1, 0.15) is 10.6 Å². The summed E-state index contributed by atoms with van der Waals surface area (Å²) in [6.07, 6.45) is 3.52. The van der Waals surface area contributed by atoms with Crippen molar-refractivity contribution in [1.82, 2.24) is 9.88 Å². The molecule has 8 heteroatoms. The third-order valence-electron chi connectivity index (χ3n) is 7.37. The molecule has 1 aromatic heterocycles. The van der Waals surface area contributed by atoms with E-state index in [-0.39, 0.29) is 10.8 Å². The standard InChI is InChI=1S/C27H34ClN3O3S/c1-17(2)35(33,34)26-16-29-24-8-6-20(21-7-9-25(32)23(28)15-21)14-22(24)27(26)31-12-10-19(11-13-31)18(3)30(4)5/h6-9,14-19,32H,10-13H2,1-5H3. The molecule has 3 aromatic rings. The van der Waals surface area contributed by atoms with Crippen molar-refractivity contribution in [2.45, 2.75) is 49.8 Å². The van der Waals surface area contributed by atoms with Crippen molar-refractivity contribution in [3.05, 3.63) is 47.6 Å². The number of phenolic OH excluding ortho intramolecular Hbond substituents is 1. The zero-order valence-electron chi connectivity index (χ0n) is 21.0. The van der Waals surface area contributed by atoms with E-state index in [1.165, 1.54) is 6.20 Å². The first-order valence-corrected chi connectivity index (χ1v) is 14.0. The van der Waals surface area contributed by atoms with E-state index in [0.717, 1.165) is 53.6 Å². The van der Waals surface area contributed by atoms with E-state index in [4.69, 9.17) is 11.6 Å². The Morgan fingerprint density at radius 3 is 2.29 bits per heavy atom. The number of aromatic nitrogens is 1. The fourth-order valence-corrected chi connectivity index (χ4v) is 6.24. The molecule has 0 amide bonds. The van der Waals surface area contributed by atoms with E-state index in [0.29, 0.717) is 16.9 Å². The van der Waals surface area contributed by atoms with Crippen molar-refractivity contribution in [3.63, 3.8) is 0 Å². The Kier molecular flexibility index (Phi) is 7.32. The van der Waals surface area contributed by atoms with Gasteiger partial charge in [0.2, 0.25) is 0 Å². The first-order chi connectivity index (χ1) is 16.5. The van der Waals surface area contributed by atoms with Crippen molar-refractivity contribution >= 4 is 38.0 Å². The third-order valence-corrected chi connectivity index (χ3v) is 9.82. The van der Waals surface area contributed by atoms with Crippen molar-refractivity contribution < 1.29 is 13.5 Å². The predicted octanol–water partition coefficient (Wildman–Crippen LogP) is 5.61. The molecule has 1 fully saturated rings. The lowest BCUT2D eigenvalue weighted by Crippen LogP contribution is -2.42. The number of hydrogen-bond donors (Lipinski definition) is 1. The van der Waals surface area contributed by atoms with Crippen molar-refractivity contribution in [2.24, 2.45) is 5.92 Å². The maximum atomic E-state index is 13.4. The van der Waals surface area contributed by atoms with Gasteiger partial charge in [0.05, 0.1) is 21.5 Å². The molecule has 1 saturated heterocycles. The number of nitrogens with zero attached hydrogens (tertiary/aromatic N) is 3. The fourth-order valence-electron chi connectivity index (χ4n) is 4.84. The van der Waals surface area contributed by atoms with Crippen LogP contribution in [0.3, 0.4) is 0 Å². The van der Waals surface area contributed by atoms with Crippen molar-refractivity contribution in [3.8, 4) is 16.9 Å². The minimum absolute atomic E-state index is 0.0266. The van der Waals surface area contributed by atoms with Gasteiger partial charge in [0.15, 0.2) is 9.84 Å². The summed E-state index contributed by atoms with van der Waals surface area (Å²) in [7, 11) is 0.670. The molecule has 0 bridgehead atoms. The average molecular weight is 516 g/mol. The second-order valence-corrected chi connectivity index (χ2v) is 12.9. The molecule has 2 aromatic carbocycles. The summed E-state index contributed by atoms with van der Waals surface area (Å²) in [5, 5.41) is 10.4. The average Bonchev–Trinajstić information content (AvgIpc) is 2.84. The summed E-state index contributed by atoms with van der Waals surface area (Å²) in [5.74, 6) is 0.591. The Balaban J connectivity index is 1.85. The quantitative estimate of drug-likeness (QED) is 0.460. The first kappa shape index (κ1) is 25.7. The summed E-state index contributed by atoms with van der Waals surface area (Å²) in [6, 6.07) is 11.4. The molecule has 35 heavy (non-hydrogen) atoms. The highest BCUT2D eigenvalue weighted by atomic mass is 35.5. The third kappa shape index (κ3) is 4.99. The van der Waals surface area contributed by atoms with Crippen LogP contribution in [0.1, 0.15) is 33.6 Å². The number of pyridine rings is 1. The second-order valence-electron chi connectivity index (χ2n) is 9.99. The number of sulfone groups is 1. The molecular formula is C27H34ClN3O3S. The van der Waals surface area contributed by atoms with E-state index in [2.05, 4.69) is 35.8 Å². The fraction of sp³-hybridized carbons (Fsp3) is 0.444. The maximum Gasteiger partial charge on any atom is 0.184 e. The lowest BCUT2D eigenvalue weighted by atomic mass is 9.89. The van der Waals surface area contributed by atoms with Crippen LogP contribution < -0.4 is 4.90 Å². The molecule has 1 unspecified atom stereocenters. The van der Waals surface area contributed by atoms with Gasteiger partial charge in [-0.3, -0.25) is 4.98 Å². The molecule has 1 aliphatic rings. The van der Waals surface area contributed by atoms with Crippen molar-refractivity contribution in [2.75, 3.05) is 32.1 Å². The van der Waals surface area contributed by atoms with Crippen LogP contribution in [-0.4, -0.2) is 61.9 Å². The van der Waals surface area contributed by atoms with Crippen LogP contribution in [0.25, 0.3) is 22.0 Å². The van der Waals surface area contributed by atoms with Gasteiger partial charge in [-0.1, -0.05) is 23.7 Å². The lowest BCUT2D eigenvalue weighted by molar-refractivity contribution is 0.199. The largest absolute Gasteiger partial charge is 0.506 e. The number of fused-ring (bicyclic) bond motifs is 1. The normalized spacial score (nSPS) is 16.4. The van der Waals surface area contributed by atoms with E-state index in [9.17, 15) is 13.5 Å². The highest BCUT2D eigenvalue weighted by Crippen LogP contribution is 2.39. The zero-order chi connectivity index (χ0) is 25.5. The molecule has 4 rings (SSSR count). The van der Waals surface area contributed by atoms with E-state index in [1.807, 2.05) is 18.2 Å². The molecule has 0 aliphatic carbocycles. The van der Waals surface area contributed by atoms with Gasteiger partial charge in [-0.05, 0) is 89.0 Å². The summed E-state index contributed by atoms with van der Waals surface area (Å²) < 4.78 is 26.8. The smallest absolute Gasteiger partial charge is 0.184 e. The summed E-state index contributed by atoms with van der Waals surface area (Å²) in [6.45, 7) is 7.26. The second kappa shape index (κ2) is 9.96. The number of phenols is 1. The van der Waals surface area contributed by atoms with Gasteiger partial charge in [0.25, 0.3) is 0 Å². The number of hydrogen-bond acceptors (Lipinski definition) is 6. The predicted molar refractivity (Wildman–Crippen MR) is 144 cm³/mol. The minimum atomic E-state index is -3.55. The maximum absolute atomic E-state index is 13.4. The Morgan fingerprint density at radius 1 is 1.06 bits per heavy atom. The molecule has 1 N–H and O–H groups in total. The molecule has 1 aliphatic heterocycles. The number of halogens is 1. The Labute approximate surface area is 213 Å². The Morgan fingerprint density at radius 2 is 1.69 bits per heavy atom. The zero-order valence-corrected chi connectivity index (χ0v) is 22.6. The van der Waals surface area contributed by atoms with Crippen LogP contribution in [0, 0.1) is 5.92 Å².